The molecule has 0 saturated carbocycles. The number of hydrogen-bond donors (Lipinski definition) is 2. The molecule has 4 nitrogen and oxygen atoms in total. The number of ether oxygens (including phenoxy) is 1. The van der Waals surface area contributed by atoms with Gasteiger partial charge in [-0.15, -0.1) is 0 Å². The lowest BCUT2D eigenvalue weighted by Crippen LogP contribution is -2.40. The van der Waals surface area contributed by atoms with Gasteiger partial charge in [0, 0.05) is 20.7 Å². The molecule has 0 fully saturated rings. The standard InChI is InChI=1S/C19H22F3N3O/c1-12(14-6-9-16(21)17(22)10-14)25-19(23-2)24-11-18(26-3)13-4-7-15(20)8-5-13/h4-10,12,18H,11H2,1-3H3,(H2,23,24,25). The van der Waals surface area contributed by atoms with Gasteiger partial charge in [0.1, 0.15) is 5.82 Å². The summed E-state index contributed by atoms with van der Waals surface area (Å²) < 4.78 is 44.9. The van der Waals surface area contributed by atoms with Crippen molar-refractivity contribution in [1.29, 1.82) is 0 Å². The van der Waals surface area contributed by atoms with Crippen molar-refractivity contribution in [3.05, 3.63) is 71.0 Å². The van der Waals surface area contributed by atoms with Crippen molar-refractivity contribution >= 4 is 5.96 Å². The zero-order valence-corrected chi connectivity index (χ0v) is 14.9. The smallest absolute Gasteiger partial charge is 0.191 e. The molecule has 26 heavy (non-hydrogen) atoms. The van der Waals surface area contributed by atoms with Gasteiger partial charge in [0.25, 0.3) is 0 Å². The highest BCUT2D eigenvalue weighted by molar-refractivity contribution is 5.80. The minimum absolute atomic E-state index is 0.289. The number of guanidine groups is 1. The van der Waals surface area contributed by atoms with Crippen molar-refractivity contribution in [3.63, 3.8) is 0 Å². The number of nitrogens with zero attached hydrogens (tertiary/aromatic N) is 1. The molecule has 7 heteroatoms. The summed E-state index contributed by atoms with van der Waals surface area (Å²) in [6.07, 6.45) is -0.298. The molecule has 0 heterocycles. The molecule has 0 radical (unpaired) electrons. The largest absolute Gasteiger partial charge is 0.375 e. The highest BCUT2D eigenvalue weighted by Gasteiger charge is 2.14. The molecule has 140 valence electrons. The second-order valence-electron chi connectivity index (χ2n) is 5.77. The van der Waals surface area contributed by atoms with E-state index in [1.54, 1.807) is 26.3 Å². The third-order valence-electron chi connectivity index (χ3n) is 4.00. The van der Waals surface area contributed by atoms with E-state index in [0.29, 0.717) is 18.1 Å². The number of halogens is 3. The van der Waals surface area contributed by atoms with E-state index in [9.17, 15) is 13.2 Å². The predicted molar refractivity (Wildman–Crippen MR) is 95.4 cm³/mol. The van der Waals surface area contributed by atoms with Crippen LogP contribution in [0.2, 0.25) is 0 Å². The molecular formula is C19H22F3N3O. The van der Waals surface area contributed by atoms with Crippen LogP contribution in [0.4, 0.5) is 13.2 Å². The number of nitrogens with one attached hydrogen (secondary N) is 2. The van der Waals surface area contributed by atoms with Crippen LogP contribution in [0.25, 0.3) is 0 Å². The fourth-order valence-corrected chi connectivity index (χ4v) is 2.47. The molecular weight excluding hydrogens is 343 g/mol. The topological polar surface area (TPSA) is 45.7 Å². The SMILES string of the molecule is CN=C(NCC(OC)c1ccc(F)cc1)NC(C)c1ccc(F)c(F)c1. The monoisotopic (exact) mass is 365 g/mol. The Bertz CT molecular complexity index is 750. The molecule has 0 spiro atoms. The molecule has 0 bridgehead atoms. The average molecular weight is 365 g/mol. The van der Waals surface area contributed by atoms with Crippen LogP contribution in [0.5, 0.6) is 0 Å². The van der Waals surface area contributed by atoms with Gasteiger partial charge < -0.3 is 15.4 Å². The van der Waals surface area contributed by atoms with Crippen LogP contribution < -0.4 is 10.6 Å². The Morgan fingerprint density at radius 1 is 1.04 bits per heavy atom. The van der Waals surface area contributed by atoms with E-state index in [-0.39, 0.29) is 18.0 Å². The first-order chi connectivity index (χ1) is 12.4. The molecule has 0 aliphatic rings. The van der Waals surface area contributed by atoms with E-state index in [2.05, 4.69) is 15.6 Å². The fraction of sp³-hybridized carbons (Fsp3) is 0.316. The normalized spacial score (nSPS) is 14.0. The van der Waals surface area contributed by atoms with Crippen LogP contribution >= 0.6 is 0 Å². The first-order valence-electron chi connectivity index (χ1n) is 8.15. The first-order valence-corrected chi connectivity index (χ1v) is 8.15. The van der Waals surface area contributed by atoms with E-state index < -0.39 is 11.6 Å². The Hall–Kier alpha value is -2.54. The number of hydrogen-bond acceptors (Lipinski definition) is 2. The molecule has 2 aromatic rings. The molecule has 2 N–H and O–H groups in total. The average Bonchev–Trinajstić information content (AvgIpc) is 2.64. The van der Waals surface area contributed by atoms with Crippen molar-refractivity contribution in [1.82, 2.24) is 10.6 Å². The summed E-state index contributed by atoms with van der Waals surface area (Å²) in [5, 5.41) is 6.22. The third-order valence-corrected chi connectivity index (χ3v) is 4.00. The lowest BCUT2D eigenvalue weighted by atomic mass is 10.1. The molecule has 2 rings (SSSR count). The summed E-state index contributed by atoms with van der Waals surface area (Å²) in [6.45, 7) is 2.21. The van der Waals surface area contributed by atoms with E-state index in [1.807, 2.05) is 6.92 Å². The maximum atomic E-state index is 13.4. The van der Waals surface area contributed by atoms with Gasteiger partial charge in [0.05, 0.1) is 12.1 Å². The minimum atomic E-state index is -0.894. The van der Waals surface area contributed by atoms with E-state index in [4.69, 9.17) is 4.74 Å². The van der Waals surface area contributed by atoms with Crippen LogP contribution in [-0.4, -0.2) is 26.7 Å². The molecule has 0 saturated heterocycles. The number of methoxy groups -OCH3 is 1. The quantitative estimate of drug-likeness (QED) is 0.606. The molecule has 2 atom stereocenters. The maximum Gasteiger partial charge on any atom is 0.191 e. The van der Waals surface area contributed by atoms with Crippen molar-refractivity contribution in [2.45, 2.75) is 19.1 Å². The van der Waals surface area contributed by atoms with E-state index in [1.165, 1.54) is 18.2 Å². The van der Waals surface area contributed by atoms with Gasteiger partial charge in [-0.3, -0.25) is 4.99 Å². The zero-order chi connectivity index (χ0) is 19.1. The van der Waals surface area contributed by atoms with Crippen molar-refractivity contribution in [2.75, 3.05) is 20.7 Å². The van der Waals surface area contributed by atoms with Crippen molar-refractivity contribution in [3.8, 4) is 0 Å². The summed E-state index contributed by atoms with van der Waals surface area (Å²) in [5.74, 6) is -1.61. The van der Waals surface area contributed by atoms with Crippen molar-refractivity contribution in [2.24, 2.45) is 4.99 Å². The second-order valence-corrected chi connectivity index (χ2v) is 5.77. The molecule has 0 aromatic heterocycles. The van der Waals surface area contributed by atoms with Crippen molar-refractivity contribution < 1.29 is 17.9 Å². The Morgan fingerprint density at radius 2 is 1.69 bits per heavy atom. The molecule has 0 aliphatic heterocycles. The number of aliphatic imine (C=N–C) groups is 1. The highest BCUT2D eigenvalue weighted by Crippen LogP contribution is 2.17. The maximum absolute atomic E-state index is 13.4. The minimum Gasteiger partial charge on any atom is -0.375 e. The van der Waals surface area contributed by atoms with E-state index >= 15 is 0 Å². The van der Waals surface area contributed by atoms with Gasteiger partial charge in [-0.2, -0.15) is 0 Å². The lowest BCUT2D eigenvalue weighted by Gasteiger charge is -2.21. The highest BCUT2D eigenvalue weighted by atomic mass is 19.2. The summed E-state index contributed by atoms with van der Waals surface area (Å²) >= 11 is 0. The van der Waals surface area contributed by atoms with Crippen LogP contribution in [-0.2, 0) is 4.74 Å². The van der Waals surface area contributed by atoms with Gasteiger partial charge in [-0.1, -0.05) is 18.2 Å². The van der Waals surface area contributed by atoms with Gasteiger partial charge in [-0.25, -0.2) is 13.2 Å². The summed E-state index contributed by atoms with van der Waals surface area (Å²) in [4.78, 5) is 4.12. The first kappa shape index (κ1) is 19.8. The van der Waals surface area contributed by atoms with Crippen LogP contribution in [0, 0.1) is 17.5 Å². The molecule has 0 aliphatic carbocycles. The van der Waals surface area contributed by atoms with Crippen LogP contribution in [0.15, 0.2) is 47.5 Å². The summed E-state index contributed by atoms with van der Waals surface area (Å²) in [6, 6.07) is 9.53. The Morgan fingerprint density at radius 3 is 2.27 bits per heavy atom. The van der Waals surface area contributed by atoms with Crippen LogP contribution in [0.3, 0.4) is 0 Å². The summed E-state index contributed by atoms with van der Waals surface area (Å²) in [5.41, 5.74) is 1.42. The molecule has 2 unspecified atom stereocenters. The lowest BCUT2D eigenvalue weighted by molar-refractivity contribution is 0.106. The molecule has 2 aromatic carbocycles. The fourth-order valence-electron chi connectivity index (χ4n) is 2.47. The van der Waals surface area contributed by atoms with Gasteiger partial charge in [0.2, 0.25) is 0 Å². The third kappa shape index (κ3) is 5.23. The second kappa shape index (κ2) is 9.24. The van der Waals surface area contributed by atoms with Gasteiger partial charge >= 0.3 is 0 Å². The molecule has 0 amide bonds. The zero-order valence-electron chi connectivity index (χ0n) is 14.9. The Balaban J connectivity index is 1.97. The summed E-state index contributed by atoms with van der Waals surface area (Å²) in [7, 11) is 3.17. The van der Waals surface area contributed by atoms with Gasteiger partial charge in [-0.05, 0) is 42.3 Å². The van der Waals surface area contributed by atoms with E-state index in [0.717, 1.165) is 17.7 Å². The van der Waals surface area contributed by atoms with Gasteiger partial charge in [0.15, 0.2) is 17.6 Å². The Labute approximate surface area is 151 Å². The van der Waals surface area contributed by atoms with Crippen LogP contribution in [0.1, 0.15) is 30.2 Å². The Kier molecular flexibility index (Phi) is 7.03. The number of rotatable bonds is 6. The predicted octanol–water partition coefficient (Wildman–Crippen LogP) is 3.72. The number of benzene rings is 2.